The molecule has 1 fully saturated rings. The van der Waals surface area contributed by atoms with E-state index in [0.29, 0.717) is 6.42 Å². The first-order chi connectivity index (χ1) is 8.78. The normalized spacial score (nSPS) is 20.6. The molecule has 1 heterocycles. The predicted octanol–water partition coefficient (Wildman–Crippen LogP) is 1.81. The fraction of sp³-hybridized carbons (Fsp3) is 0.500. The standard InChI is InChI=1S/C14H19N2O2/c1-18-14(17)9-13-11-16(8-7-15-13)10-12-5-3-2-4-6-12/h2-6,13H,7-11H2,1H3/q-1. The largest absolute Gasteiger partial charge is 0.657 e. The Balaban J connectivity index is 1.85. The molecule has 0 aromatic heterocycles. The lowest BCUT2D eigenvalue weighted by atomic mass is 10.1. The molecule has 2 rings (SSSR count). The molecule has 18 heavy (non-hydrogen) atoms. The number of esters is 1. The second-order valence-electron chi connectivity index (χ2n) is 4.56. The number of ether oxygens (including phenoxy) is 1. The maximum absolute atomic E-state index is 11.2. The first-order valence-corrected chi connectivity index (χ1v) is 6.27. The molecule has 1 aromatic carbocycles. The quantitative estimate of drug-likeness (QED) is 0.762. The van der Waals surface area contributed by atoms with E-state index < -0.39 is 0 Å². The van der Waals surface area contributed by atoms with Crippen molar-refractivity contribution >= 4 is 5.97 Å². The molecule has 0 radical (unpaired) electrons. The summed E-state index contributed by atoms with van der Waals surface area (Å²) in [5.41, 5.74) is 1.30. The molecule has 1 aliphatic rings. The Bertz CT molecular complexity index is 381. The number of piperazine rings is 1. The monoisotopic (exact) mass is 247 g/mol. The van der Waals surface area contributed by atoms with Crippen molar-refractivity contribution in [3.63, 3.8) is 0 Å². The van der Waals surface area contributed by atoms with Gasteiger partial charge in [-0.05, 0) is 18.7 Å². The van der Waals surface area contributed by atoms with Crippen molar-refractivity contribution in [1.29, 1.82) is 0 Å². The van der Waals surface area contributed by atoms with Gasteiger partial charge in [-0.25, -0.2) is 0 Å². The van der Waals surface area contributed by atoms with E-state index in [1.807, 2.05) is 6.07 Å². The minimum absolute atomic E-state index is 0.0786. The van der Waals surface area contributed by atoms with Gasteiger partial charge in [0.2, 0.25) is 0 Å². The van der Waals surface area contributed by atoms with Crippen molar-refractivity contribution in [2.24, 2.45) is 0 Å². The van der Waals surface area contributed by atoms with Crippen LogP contribution >= 0.6 is 0 Å². The van der Waals surface area contributed by atoms with Crippen LogP contribution in [0.25, 0.3) is 5.32 Å². The molecule has 0 spiro atoms. The molecule has 0 N–H and O–H groups in total. The van der Waals surface area contributed by atoms with Crippen LogP contribution in [-0.4, -0.2) is 43.7 Å². The highest BCUT2D eigenvalue weighted by atomic mass is 16.5. The third-order valence-electron chi connectivity index (χ3n) is 3.15. The van der Waals surface area contributed by atoms with Gasteiger partial charge in [-0.3, -0.25) is 4.79 Å². The highest BCUT2D eigenvalue weighted by Gasteiger charge is 2.14. The van der Waals surface area contributed by atoms with E-state index in [9.17, 15) is 4.79 Å². The molecule has 1 atom stereocenters. The highest BCUT2D eigenvalue weighted by Crippen LogP contribution is 2.16. The number of carbonyl (C=O) groups is 1. The van der Waals surface area contributed by atoms with E-state index in [0.717, 1.165) is 26.2 Å². The molecule has 0 saturated carbocycles. The fourth-order valence-corrected chi connectivity index (χ4v) is 2.22. The maximum atomic E-state index is 11.2. The highest BCUT2D eigenvalue weighted by molar-refractivity contribution is 5.70. The summed E-state index contributed by atoms with van der Waals surface area (Å²) in [6, 6.07) is 10.5. The second-order valence-corrected chi connectivity index (χ2v) is 4.56. The van der Waals surface area contributed by atoms with Crippen molar-refractivity contribution in [2.75, 3.05) is 26.7 Å². The lowest BCUT2D eigenvalue weighted by Gasteiger charge is -2.42. The smallest absolute Gasteiger partial charge is 0.304 e. The van der Waals surface area contributed by atoms with Gasteiger partial charge in [0, 0.05) is 13.0 Å². The number of rotatable bonds is 4. The van der Waals surface area contributed by atoms with Crippen LogP contribution in [-0.2, 0) is 16.1 Å². The summed E-state index contributed by atoms with van der Waals surface area (Å²) in [6.07, 6.45) is 0.391. The zero-order chi connectivity index (χ0) is 12.8. The number of hydrogen-bond acceptors (Lipinski definition) is 3. The van der Waals surface area contributed by atoms with Gasteiger partial charge in [-0.2, -0.15) is 0 Å². The van der Waals surface area contributed by atoms with Gasteiger partial charge in [-0.1, -0.05) is 30.3 Å². The van der Waals surface area contributed by atoms with Crippen molar-refractivity contribution in [2.45, 2.75) is 19.0 Å². The maximum Gasteiger partial charge on any atom is 0.304 e. The summed E-state index contributed by atoms with van der Waals surface area (Å²) >= 11 is 0. The molecular weight excluding hydrogens is 228 g/mol. The van der Waals surface area contributed by atoms with Crippen LogP contribution in [0.5, 0.6) is 0 Å². The van der Waals surface area contributed by atoms with Crippen LogP contribution in [0.2, 0.25) is 0 Å². The molecule has 98 valence electrons. The van der Waals surface area contributed by atoms with Crippen molar-refractivity contribution in [3.05, 3.63) is 41.2 Å². The number of nitrogens with zero attached hydrogens (tertiary/aromatic N) is 2. The number of carbonyl (C=O) groups excluding carboxylic acids is 1. The lowest BCUT2D eigenvalue weighted by Crippen LogP contribution is -2.40. The van der Waals surface area contributed by atoms with Crippen LogP contribution in [0.1, 0.15) is 12.0 Å². The predicted molar refractivity (Wildman–Crippen MR) is 70.4 cm³/mol. The Kier molecular flexibility index (Phi) is 4.73. The number of benzene rings is 1. The summed E-state index contributed by atoms with van der Waals surface area (Å²) in [5.74, 6) is -0.176. The Morgan fingerprint density at radius 1 is 1.44 bits per heavy atom. The van der Waals surface area contributed by atoms with E-state index in [2.05, 4.69) is 39.2 Å². The molecule has 4 nitrogen and oxygen atoms in total. The summed E-state index contributed by atoms with van der Waals surface area (Å²) in [4.78, 5) is 13.6. The molecule has 0 amide bonds. The average molecular weight is 247 g/mol. The Labute approximate surface area is 108 Å². The first kappa shape index (κ1) is 13.1. The summed E-state index contributed by atoms with van der Waals surface area (Å²) in [5, 5.41) is 4.47. The molecule has 4 heteroatoms. The van der Waals surface area contributed by atoms with Crippen molar-refractivity contribution in [1.82, 2.24) is 4.90 Å². The van der Waals surface area contributed by atoms with E-state index in [1.54, 1.807) is 0 Å². The van der Waals surface area contributed by atoms with E-state index >= 15 is 0 Å². The molecule has 1 aliphatic heterocycles. The number of methoxy groups -OCH3 is 1. The zero-order valence-corrected chi connectivity index (χ0v) is 10.7. The molecule has 1 aromatic rings. The van der Waals surface area contributed by atoms with Crippen molar-refractivity contribution in [3.8, 4) is 0 Å². The summed E-state index contributed by atoms with van der Waals surface area (Å²) in [6.45, 7) is 3.53. The molecular formula is C14H19N2O2-. The summed E-state index contributed by atoms with van der Waals surface area (Å²) < 4.78 is 4.69. The zero-order valence-electron chi connectivity index (χ0n) is 10.7. The Hall–Kier alpha value is -1.39. The molecule has 1 unspecified atom stereocenters. The SMILES string of the molecule is COC(=O)CC1CN(Cc2ccccc2)CC[N-]1. The molecule has 0 aliphatic carbocycles. The van der Waals surface area contributed by atoms with Gasteiger partial charge in [0.25, 0.3) is 0 Å². The fourth-order valence-electron chi connectivity index (χ4n) is 2.22. The van der Waals surface area contributed by atoms with Gasteiger partial charge >= 0.3 is 5.97 Å². The molecule has 1 saturated heterocycles. The third kappa shape index (κ3) is 3.82. The van der Waals surface area contributed by atoms with E-state index in [4.69, 9.17) is 0 Å². The van der Waals surface area contributed by atoms with E-state index in [1.165, 1.54) is 12.7 Å². The first-order valence-electron chi connectivity index (χ1n) is 6.27. The minimum atomic E-state index is -0.176. The van der Waals surface area contributed by atoms with Gasteiger partial charge < -0.3 is 15.0 Å². The summed E-state index contributed by atoms with van der Waals surface area (Å²) in [7, 11) is 1.42. The average Bonchev–Trinajstić information content (AvgIpc) is 2.40. The lowest BCUT2D eigenvalue weighted by molar-refractivity contribution is -0.141. The van der Waals surface area contributed by atoms with Crippen LogP contribution in [0.4, 0.5) is 0 Å². The van der Waals surface area contributed by atoms with Crippen LogP contribution in [0.3, 0.4) is 0 Å². The Morgan fingerprint density at radius 2 is 2.22 bits per heavy atom. The van der Waals surface area contributed by atoms with Crippen LogP contribution < -0.4 is 0 Å². The van der Waals surface area contributed by atoms with Gasteiger partial charge in [-0.15, -0.1) is 12.6 Å². The van der Waals surface area contributed by atoms with Crippen LogP contribution in [0.15, 0.2) is 30.3 Å². The van der Waals surface area contributed by atoms with Gasteiger partial charge in [0.05, 0.1) is 7.11 Å². The topological polar surface area (TPSA) is 43.6 Å². The van der Waals surface area contributed by atoms with Crippen LogP contribution in [0, 0.1) is 0 Å². The van der Waals surface area contributed by atoms with Gasteiger partial charge in [0.15, 0.2) is 0 Å². The van der Waals surface area contributed by atoms with E-state index in [-0.39, 0.29) is 12.0 Å². The van der Waals surface area contributed by atoms with Gasteiger partial charge in [0.1, 0.15) is 0 Å². The Morgan fingerprint density at radius 3 is 2.94 bits per heavy atom. The van der Waals surface area contributed by atoms with Crippen molar-refractivity contribution < 1.29 is 9.53 Å². The minimum Gasteiger partial charge on any atom is -0.657 e. The third-order valence-corrected chi connectivity index (χ3v) is 3.15. The molecule has 0 bridgehead atoms. The second kappa shape index (κ2) is 6.52. The number of hydrogen-bond donors (Lipinski definition) is 0.